The van der Waals surface area contributed by atoms with Gasteiger partial charge in [0.2, 0.25) is 0 Å². The quantitative estimate of drug-likeness (QED) is 0.319. The number of aromatic nitrogens is 1. The molecular formula is C31H53N4+. The first-order chi connectivity index (χ1) is 16.8. The van der Waals surface area contributed by atoms with E-state index in [0.717, 1.165) is 29.3 Å². The van der Waals surface area contributed by atoms with E-state index in [1.807, 2.05) is 13.8 Å². The van der Waals surface area contributed by atoms with Gasteiger partial charge in [0.25, 0.3) is 0 Å². The Labute approximate surface area is 216 Å². The average molecular weight is 482 g/mol. The molecule has 1 saturated carbocycles. The molecule has 1 saturated heterocycles. The summed E-state index contributed by atoms with van der Waals surface area (Å²) in [6.45, 7) is 17.4. The van der Waals surface area contributed by atoms with Crippen molar-refractivity contribution in [2.75, 3.05) is 34.2 Å². The Bertz CT molecular complexity index is 904. The first kappa shape index (κ1) is 29.2. The van der Waals surface area contributed by atoms with E-state index in [0.29, 0.717) is 6.04 Å². The van der Waals surface area contributed by atoms with Crippen molar-refractivity contribution in [3.8, 4) is 0 Å². The molecule has 2 aromatic rings. The van der Waals surface area contributed by atoms with Gasteiger partial charge in [-0.15, -0.1) is 6.58 Å². The molecule has 2 N–H and O–H groups in total. The number of likely N-dealkylation sites (tertiary alicyclic amines) is 1. The van der Waals surface area contributed by atoms with Crippen LogP contribution in [0.1, 0.15) is 76.5 Å². The number of rotatable bonds is 7. The summed E-state index contributed by atoms with van der Waals surface area (Å²) in [7, 11) is 6.64. The van der Waals surface area contributed by atoms with Gasteiger partial charge >= 0.3 is 0 Å². The maximum atomic E-state index is 4.34. The molecule has 4 nitrogen and oxygen atoms in total. The summed E-state index contributed by atoms with van der Waals surface area (Å²) in [5.41, 5.74) is 3.77. The van der Waals surface area contributed by atoms with E-state index in [1.165, 1.54) is 80.1 Å². The molecular weight excluding hydrogens is 428 g/mol. The van der Waals surface area contributed by atoms with Crippen molar-refractivity contribution in [3.63, 3.8) is 0 Å². The summed E-state index contributed by atoms with van der Waals surface area (Å²) in [5, 5.41) is 4.96. The minimum absolute atomic E-state index is 0.513. The number of nitrogens with zero attached hydrogens (tertiary/aromatic N) is 2. The van der Waals surface area contributed by atoms with Crippen molar-refractivity contribution in [1.29, 1.82) is 0 Å². The Hall–Kier alpha value is -2.04. The van der Waals surface area contributed by atoms with Crippen molar-refractivity contribution in [2.45, 2.75) is 84.7 Å². The maximum absolute atomic E-state index is 4.34. The zero-order chi connectivity index (χ0) is 25.8. The summed E-state index contributed by atoms with van der Waals surface area (Å²) in [6.07, 6.45) is 13.1. The van der Waals surface area contributed by atoms with Crippen LogP contribution in [0.25, 0.3) is 10.9 Å². The van der Waals surface area contributed by atoms with Gasteiger partial charge in [0.1, 0.15) is 6.54 Å². The second kappa shape index (κ2) is 14.5. The number of hydrogen-bond donors (Lipinski definition) is 2. The van der Waals surface area contributed by atoms with Crippen molar-refractivity contribution in [2.24, 2.45) is 5.92 Å². The summed E-state index contributed by atoms with van der Waals surface area (Å²) in [6, 6.07) is 9.34. The summed E-state index contributed by atoms with van der Waals surface area (Å²) in [4.78, 5) is 5.95. The van der Waals surface area contributed by atoms with E-state index in [9.17, 15) is 0 Å². The van der Waals surface area contributed by atoms with Gasteiger partial charge in [-0.3, -0.25) is 4.48 Å². The molecule has 1 aliphatic heterocycles. The Morgan fingerprint density at radius 3 is 2.49 bits per heavy atom. The number of aryl methyl sites for hydroxylation is 1. The van der Waals surface area contributed by atoms with E-state index >= 15 is 0 Å². The number of likely N-dealkylation sites (N-methyl/N-ethyl adjacent to an activating group) is 1. The standard InChI is InChI=1S/C20H31N4.C9H16.C2H6/c1-15-8-9-20-17(11-15)12-19(22-20)14-24(4,5)16(2)21-18-7-6-10-23(3)13-18;1-2-6-9-7-4-3-5-8-9;1-2/h8-9,11-12,18,21-22H,2,6-7,10,13-14H2,1,3-5H3;2,9H,1,3-8H2;1-2H3/q+1;;. The van der Waals surface area contributed by atoms with Crippen molar-refractivity contribution < 1.29 is 4.48 Å². The minimum atomic E-state index is 0.513. The minimum Gasteiger partial charge on any atom is -0.354 e. The SMILES string of the molecule is C=C(NC1CCCN(C)C1)[N+](C)(C)Cc1cc2cc(C)ccc2[nH]1.C=CCC1CCCCC1.CC. The predicted molar refractivity (Wildman–Crippen MR) is 154 cm³/mol. The van der Waals surface area contributed by atoms with Gasteiger partial charge < -0.3 is 15.2 Å². The average Bonchev–Trinajstić information content (AvgIpc) is 3.22. The van der Waals surface area contributed by atoms with Gasteiger partial charge in [-0.1, -0.05) is 63.7 Å². The molecule has 1 aliphatic carbocycles. The van der Waals surface area contributed by atoms with Gasteiger partial charge in [0.15, 0.2) is 5.82 Å². The monoisotopic (exact) mass is 481 g/mol. The van der Waals surface area contributed by atoms with Gasteiger partial charge in [-0.25, -0.2) is 0 Å². The van der Waals surface area contributed by atoms with Crippen LogP contribution in [0.3, 0.4) is 0 Å². The lowest BCUT2D eigenvalue weighted by atomic mass is 9.87. The fourth-order valence-electron chi connectivity index (χ4n) is 5.27. The lowest BCUT2D eigenvalue weighted by Crippen LogP contribution is -2.50. The molecule has 1 unspecified atom stereocenters. The molecule has 2 heterocycles. The molecule has 0 radical (unpaired) electrons. The van der Waals surface area contributed by atoms with Crippen LogP contribution in [0.15, 0.2) is 49.3 Å². The number of fused-ring (bicyclic) bond motifs is 1. The Balaban J connectivity index is 0.000000329. The molecule has 0 amide bonds. The summed E-state index contributed by atoms with van der Waals surface area (Å²) in [5.74, 6) is 2.07. The van der Waals surface area contributed by atoms with Crippen LogP contribution in [0.2, 0.25) is 0 Å². The lowest BCUT2D eigenvalue weighted by Gasteiger charge is -2.36. The maximum Gasteiger partial charge on any atom is 0.194 e. The van der Waals surface area contributed by atoms with Crippen LogP contribution in [-0.4, -0.2) is 54.6 Å². The molecule has 0 bridgehead atoms. The van der Waals surface area contributed by atoms with Crippen LogP contribution in [0.5, 0.6) is 0 Å². The second-order valence-electron chi connectivity index (χ2n) is 10.9. The van der Waals surface area contributed by atoms with Crippen molar-refractivity contribution in [1.82, 2.24) is 15.2 Å². The third-order valence-corrected chi connectivity index (χ3v) is 7.35. The highest BCUT2D eigenvalue weighted by Gasteiger charge is 2.26. The van der Waals surface area contributed by atoms with Gasteiger partial charge in [-0.05, 0) is 70.5 Å². The molecule has 0 spiro atoms. The fourth-order valence-corrected chi connectivity index (χ4v) is 5.27. The molecule has 2 fully saturated rings. The molecule has 2 aliphatic rings. The summed E-state index contributed by atoms with van der Waals surface area (Å²) < 4.78 is 0.742. The zero-order valence-corrected chi connectivity index (χ0v) is 23.6. The van der Waals surface area contributed by atoms with E-state index in [2.05, 4.69) is 86.8 Å². The number of quaternary nitrogens is 1. The Kier molecular flexibility index (Phi) is 12.1. The largest absolute Gasteiger partial charge is 0.354 e. The first-order valence-electron chi connectivity index (χ1n) is 13.9. The highest BCUT2D eigenvalue weighted by Crippen LogP contribution is 2.26. The molecule has 4 heteroatoms. The highest BCUT2D eigenvalue weighted by molar-refractivity contribution is 5.81. The van der Waals surface area contributed by atoms with E-state index in [-0.39, 0.29) is 0 Å². The lowest BCUT2D eigenvalue weighted by molar-refractivity contribution is -0.869. The Morgan fingerprint density at radius 2 is 1.83 bits per heavy atom. The van der Waals surface area contributed by atoms with Crippen molar-refractivity contribution >= 4 is 10.9 Å². The topological polar surface area (TPSA) is 31.1 Å². The first-order valence-corrected chi connectivity index (χ1v) is 13.9. The number of hydrogen-bond acceptors (Lipinski definition) is 2. The predicted octanol–water partition coefficient (Wildman–Crippen LogP) is 7.38. The Morgan fingerprint density at radius 1 is 1.11 bits per heavy atom. The van der Waals surface area contributed by atoms with Gasteiger partial charge in [0.05, 0.1) is 19.8 Å². The number of benzene rings is 1. The number of aromatic amines is 1. The molecule has 196 valence electrons. The zero-order valence-electron chi connectivity index (χ0n) is 23.6. The van der Waals surface area contributed by atoms with Crippen molar-refractivity contribution in [3.05, 3.63) is 60.6 Å². The van der Waals surface area contributed by atoms with E-state index in [1.54, 1.807) is 0 Å². The van der Waals surface area contributed by atoms with Gasteiger partial charge in [0, 0.05) is 23.5 Å². The molecule has 1 aromatic carbocycles. The van der Waals surface area contributed by atoms with Gasteiger partial charge in [-0.2, -0.15) is 0 Å². The van der Waals surface area contributed by atoms with Crippen LogP contribution in [0.4, 0.5) is 0 Å². The molecule has 1 aromatic heterocycles. The molecule has 35 heavy (non-hydrogen) atoms. The van der Waals surface area contributed by atoms with Crippen LogP contribution in [0, 0.1) is 12.8 Å². The second-order valence-corrected chi connectivity index (χ2v) is 10.9. The molecule has 1 atom stereocenters. The number of piperidine rings is 1. The number of nitrogens with one attached hydrogen (secondary N) is 2. The highest BCUT2D eigenvalue weighted by atomic mass is 15.4. The van der Waals surface area contributed by atoms with Crippen LogP contribution in [-0.2, 0) is 6.54 Å². The fraction of sp³-hybridized carbons (Fsp3) is 0.613. The number of H-pyrrole nitrogens is 1. The van der Waals surface area contributed by atoms with Crippen LogP contribution < -0.4 is 5.32 Å². The third kappa shape index (κ3) is 9.50. The van der Waals surface area contributed by atoms with E-state index in [4.69, 9.17) is 0 Å². The van der Waals surface area contributed by atoms with E-state index < -0.39 is 0 Å². The summed E-state index contributed by atoms with van der Waals surface area (Å²) >= 11 is 0. The molecule has 4 rings (SSSR count). The smallest absolute Gasteiger partial charge is 0.194 e. The number of allylic oxidation sites excluding steroid dienone is 1. The normalized spacial score (nSPS) is 19.2. The third-order valence-electron chi connectivity index (χ3n) is 7.35. The van der Waals surface area contributed by atoms with Crippen LogP contribution >= 0.6 is 0 Å².